The van der Waals surface area contributed by atoms with Crippen molar-refractivity contribution in [2.45, 2.75) is 39.5 Å². The first-order valence-electron chi connectivity index (χ1n) is 10.4. The highest BCUT2D eigenvalue weighted by molar-refractivity contribution is 5.96. The van der Waals surface area contributed by atoms with Crippen molar-refractivity contribution in [3.63, 3.8) is 0 Å². The summed E-state index contributed by atoms with van der Waals surface area (Å²) in [6, 6.07) is 10.0. The lowest BCUT2D eigenvalue weighted by Crippen LogP contribution is -1.91. The summed E-state index contributed by atoms with van der Waals surface area (Å²) in [4.78, 5) is 21.7. The number of hydrogen-bond donors (Lipinski definition) is 3. The predicted molar refractivity (Wildman–Crippen MR) is 123 cm³/mol. The van der Waals surface area contributed by atoms with Gasteiger partial charge in [0.15, 0.2) is 22.7 Å². The van der Waals surface area contributed by atoms with Gasteiger partial charge in [0.25, 0.3) is 0 Å². The summed E-state index contributed by atoms with van der Waals surface area (Å²) in [6.45, 7) is 8.10. The van der Waals surface area contributed by atoms with E-state index in [1.165, 1.54) is 19.2 Å². The largest absolute Gasteiger partial charge is 0.504 e. The van der Waals surface area contributed by atoms with E-state index < -0.39 is 11.9 Å². The minimum absolute atomic E-state index is 0.0353. The van der Waals surface area contributed by atoms with Crippen molar-refractivity contribution in [1.29, 1.82) is 0 Å². The van der Waals surface area contributed by atoms with Crippen molar-refractivity contribution < 1.29 is 38.5 Å². The van der Waals surface area contributed by atoms with Crippen LogP contribution in [0.4, 0.5) is 0 Å². The third-order valence-corrected chi connectivity index (χ3v) is 5.26. The molecule has 2 heterocycles. The van der Waals surface area contributed by atoms with Gasteiger partial charge in [0.1, 0.15) is 0 Å². The van der Waals surface area contributed by atoms with Gasteiger partial charge >= 0.3 is 11.9 Å². The zero-order chi connectivity index (χ0) is 24.4. The summed E-state index contributed by atoms with van der Waals surface area (Å²) < 4.78 is 15.6. The molecule has 0 amide bonds. The van der Waals surface area contributed by atoms with Gasteiger partial charge in [-0.05, 0) is 47.2 Å². The molecule has 0 radical (unpaired) electrons. The van der Waals surface area contributed by atoms with Crippen molar-refractivity contribution >= 4 is 33.9 Å². The number of methoxy groups -OCH3 is 1. The number of carbonyl (C=O) groups is 2. The second-order valence-electron chi connectivity index (χ2n) is 8.16. The average molecular weight is 454 g/mol. The van der Waals surface area contributed by atoms with Crippen LogP contribution < -0.4 is 4.74 Å². The number of rotatable bonds is 5. The second-order valence-corrected chi connectivity index (χ2v) is 8.16. The first kappa shape index (κ1) is 23.7. The highest BCUT2D eigenvalue weighted by Crippen LogP contribution is 2.35. The normalized spacial score (nSPS) is 11.1. The van der Waals surface area contributed by atoms with Crippen molar-refractivity contribution in [2.24, 2.45) is 0 Å². The van der Waals surface area contributed by atoms with Gasteiger partial charge in [-0.15, -0.1) is 0 Å². The Morgan fingerprint density at radius 3 is 1.70 bits per heavy atom. The van der Waals surface area contributed by atoms with Gasteiger partial charge in [0.05, 0.1) is 7.11 Å². The van der Waals surface area contributed by atoms with Crippen LogP contribution in [0.25, 0.3) is 21.9 Å². The molecule has 0 unspecified atom stereocenters. The predicted octanol–water partition coefficient (Wildman–Crippen LogP) is 6.22. The smallest absolute Gasteiger partial charge is 0.371 e. The molecule has 0 bridgehead atoms. The molecule has 0 fully saturated rings. The summed E-state index contributed by atoms with van der Waals surface area (Å²) >= 11 is 0. The van der Waals surface area contributed by atoms with Crippen molar-refractivity contribution in [2.75, 3.05) is 7.11 Å². The number of phenolic OH excluding ortho intramolecular Hbond substituents is 1. The van der Waals surface area contributed by atoms with Gasteiger partial charge in [-0.25, -0.2) is 9.59 Å². The number of furan rings is 2. The van der Waals surface area contributed by atoms with E-state index in [4.69, 9.17) is 23.8 Å². The average Bonchev–Trinajstić information content (AvgIpc) is 3.39. The topological polar surface area (TPSA) is 130 Å². The Morgan fingerprint density at radius 1 is 0.788 bits per heavy atom. The quantitative estimate of drug-likeness (QED) is 0.324. The Labute approximate surface area is 190 Å². The molecule has 0 atom stereocenters. The van der Waals surface area contributed by atoms with Crippen LogP contribution in [-0.4, -0.2) is 34.4 Å². The van der Waals surface area contributed by atoms with Gasteiger partial charge in [-0.2, -0.15) is 0 Å². The fourth-order valence-corrected chi connectivity index (χ4v) is 3.63. The highest BCUT2D eigenvalue weighted by atomic mass is 16.5. The zero-order valence-electron chi connectivity index (χ0n) is 19.0. The molecular weight excluding hydrogens is 428 g/mol. The monoisotopic (exact) mass is 454 g/mol. The summed E-state index contributed by atoms with van der Waals surface area (Å²) in [6.07, 6.45) is 0. The van der Waals surface area contributed by atoms with E-state index in [1.807, 2.05) is 19.9 Å². The lowest BCUT2D eigenvalue weighted by atomic mass is 9.99. The molecule has 8 nitrogen and oxygen atoms in total. The first-order chi connectivity index (χ1) is 15.5. The number of ether oxygens (including phenoxy) is 1. The number of carboxylic acids is 2. The molecule has 0 aliphatic carbocycles. The van der Waals surface area contributed by atoms with E-state index in [0.29, 0.717) is 22.6 Å². The number of phenols is 1. The summed E-state index contributed by atoms with van der Waals surface area (Å²) in [5.41, 5.74) is 2.75. The van der Waals surface area contributed by atoms with Crippen LogP contribution in [0.3, 0.4) is 0 Å². The van der Waals surface area contributed by atoms with Gasteiger partial charge in [-0.3, -0.25) is 0 Å². The fourth-order valence-electron chi connectivity index (χ4n) is 3.63. The van der Waals surface area contributed by atoms with Gasteiger partial charge in [0, 0.05) is 10.8 Å². The maximum atomic E-state index is 10.9. The van der Waals surface area contributed by atoms with E-state index in [-0.39, 0.29) is 28.8 Å². The van der Waals surface area contributed by atoms with Crippen molar-refractivity contribution in [3.05, 3.63) is 59.0 Å². The Kier molecular flexibility index (Phi) is 6.67. The van der Waals surface area contributed by atoms with Crippen LogP contribution in [0.1, 0.15) is 71.8 Å². The Hall–Kier alpha value is -3.94. The Morgan fingerprint density at radius 2 is 1.24 bits per heavy atom. The number of hydrogen-bond acceptors (Lipinski definition) is 6. The summed E-state index contributed by atoms with van der Waals surface area (Å²) in [7, 11) is 1.53. The van der Waals surface area contributed by atoms with Gasteiger partial charge in [-0.1, -0.05) is 39.8 Å². The number of carboxylic acid groups (broad SMARTS) is 2. The molecule has 0 aliphatic heterocycles. The molecule has 33 heavy (non-hydrogen) atoms. The standard InChI is InChI=1S/C13H14O4.C12H12O4/c1-7(2)8-4-5-10(16-3)12-9(8)6-11(17-12)13(14)15;1-6(2)7-3-4-9(13)11-8(7)5-10(16-11)12(14)15/h4-7H,1-3H3,(H,14,15);3-6,13H,1-2H3,(H,14,15). The maximum absolute atomic E-state index is 10.9. The molecule has 8 heteroatoms. The lowest BCUT2D eigenvalue weighted by Gasteiger charge is -2.08. The minimum Gasteiger partial charge on any atom is -0.504 e. The molecule has 3 N–H and O–H groups in total. The Bertz CT molecular complexity index is 1320. The van der Waals surface area contributed by atoms with E-state index in [2.05, 4.69) is 13.8 Å². The van der Waals surface area contributed by atoms with Gasteiger partial charge < -0.3 is 28.9 Å². The number of fused-ring (bicyclic) bond motifs is 2. The molecule has 2 aromatic carbocycles. The fraction of sp³-hybridized carbons (Fsp3) is 0.280. The van der Waals surface area contributed by atoms with Crippen molar-refractivity contribution in [1.82, 2.24) is 0 Å². The third kappa shape index (κ3) is 4.64. The summed E-state index contributed by atoms with van der Waals surface area (Å²) in [5, 5.41) is 28.8. The first-order valence-corrected chi connectivity index (χ1v) is 10.4. The molecule has 2 aromatic heterocycles. The number of aromatic hydroxyl groups is 1. The van der Waals surface area contributed by atoms with Crippen LogP contribution >= 0.6 is 0 Å². The molecule has 174 valence electrons. The van der Waals surface area contributed by atoms with E-state index >= 15 is 0 Å². The Balaban J connectivity index is 0.000000186. The van der Waals surface area contributed by atoms with Crippen LogP contribution in [-0.2, 0) is 0 Å². The third-order valence-electron chi connectivity index (χ3n) is 5.26. The SMILES string of the molecule is CC(C)c1ccc(O)c2oc(C(=O)O)cc12.COc1ccc(C(C)C)c2cc(C(=O)O)oc12. The van der Waals surface area contributed by atoms with Crippen molar-refractivity contribution in [3.8, 4) is 11.5 Å². The lowest BCUT2D eigenvalue weighted by molar-refractivity contribution is 0.0655. The molecule has 0 saturated heterocycles. The van der Waals surface area contributed by atoms with E-state index in [1.54, 1.807) is 18.2 Å². The second kappa shape index (κ2) is 9.28. The number of benzene rings is 2. The van der Waals surface area contributed by atoms with Gasteiger partial charge in [0.2, 0.25) is 11.5 Å². The molecule has 0 saturated carbocycles. The van der Waals surface area contributed by atoms with E-state index in [0.717, 1.165) is 16.5 Å². The molecule has 4 rings (SSSR count). The van der Waals surface area contributed by atoms with Crippen LogP contribution in [0.15, 0.2) is 45.2 Å². The van der Waals surface area contributed by atoms with Crippen LogP contribution in [0.2, 0.25) is 0 Å². The summed E-state index contributed by atoms with van der Waals surface area (Å²) in [5.74, 6) is -1.37. The molecule has 0 aliphatic rings. The van der Waals surface area contributed by atoms with E-state index in [9.17, 15) is 14.7 Å². The maximum Gasteiger partial charge on any atom is 0.371 e. The minimum atomic E-state index is -1.13. The molecular formula is C25H26O8. The highest BCUT2D eigenvalue weighted by Gasteiger charge is 2.18. The zero-order valence-corrected chi connectivity index (χ0v) is 19.0. The molecule has 4 aromatic rings. The number of aromatic carboxylic acids is 2. The molecule has 0 spiro atoms. The van der Waals surface area contributed by atoms with Crippen LogP contribution in [0.5, 0.6) is 11.5 Å². The van der Waals surface area contributed by atoms with Crippen LogP contribution in [0, 0.1) is 0 Å².